The van der Waals surface area contributed by atoms with E-state index in [9.17, 15) is 14.7 Å². The zero-order chi connectivity index (χ0) is 21.0. The van der Waals surface area contributed by atoms with Crippen molar-refractivity contribution in [2.45, 2.75) is 19.9 Å². The largest absolute Gasteiger partial charge is 0.467 e. The van der Waals surface area contributed by atoms with Gasteiger partial charge in [0.25, 0.3) is 5.91 Å². The minimum atomic E-state index is -1.15. The smallest absolute Gasteiger partial charge is 0.330 e. The maximum atomic E-state index is 12.9. The number of ether oxygens (including phenoxy) is 1. The lowest BCUT2D eigenvalue weighted by Crippen LogP contribution is -2.44. The molecule has 150 valence electrons. The third-order valence-electron chi connectivity index (χ3n) is 4.73. The first-order chi connectivity index (χ1) is 13.9. The molecule has 0 bridgehead atoms. The van der Waals surface area contributed by atoms with Gasteiger partial charge in [0.1, 0.15) is 5.69 Å². The van der Waals surface area contributed by atoms with Gasteiger partial charge in [0, 0.05) is 11.8 Å². The number of rotatable bonds is 6. The lowest BCUT2D eigenvalue weighted by Gasteiger charge is -2.13. The SMILES string of the molecule is COC(=O)[C@@H](CO)NC(=O)c1cn(-c2ccccc2)nc1-c1ccc(C)c(C)c1. The quantitative estimate of drug-likeness (QED) is 0.628. The Kier molecular flexibility index (Phi) is 6.09. The average Bonchev–Trinajstić information content (AvgIpc) is 3.19. The molecule has 0 aliphatic rings. The Bertz CT molecular complexity index is 1030. The first kappa shape index (κ1) is 20.3. The molecule has 0 saturated heterocycles. The van der Waals surface area contributed by atoms with Crippen LogP contribution in [0.1, 0.15) is 21.5 Å². The molecule has 3 aromatic rings. The maximum absolute atomic E-state index is 12.9. The molecule has 1 atom stereocenters. The van der Waals surface area contributed by atoms with E-state index in [1.807, 2.05) is 62.4 Å². The summed E-state index contributed by atoms with van der Waals surface area (Å²) in [4.78, 5) is 24.7. The predicted molar refractivity (Wildman–Crippen MR) is 109 cm³/mol. The van der Waals surface area contributed by atoms with Crippen molar-refractivity contribution in [1.29, 1.82) is 0 Å². The molecule has 7 heteroatoms. The number of carbonyl (C=O) groups is 2. The molecular weight excluding hydrogens is 370 g/mol. The number of aliphatic hydroxyl groups is 1. The number of hydrogen-bond donors (Lipinski definition) is 2. The molecule has 0 radical (unpaired) electrons. The minimum Gasteiger partial charge on any atom is -0.467 e. The third-order valence-corrected chi connectivity index (χ3v) is 4.73. The molecule has 3 rings (SSSR count). The number of aromatic nitrogens is 2. The number of nitrogens with one attached hydrogen (secondary N) is 1. The molecule has 1 heterocycles. The van der Waals surface area contributed by atoms with Crippen LogP contribution in [0.5, 0.6) is 0 Å². The number of hydrogen-bond acceptors (Lipinski definition) is 5. The van der Waals surface area contributed by atoms with Gasteiger partial charge in [-0.1, -0.05) is 30.3 Å². The Hall–Kier alpha value is -3.45. The number of aliphatic hydroxyl groups excluding tert-OH is 1. The molecule has 1 amide bonds. The Morgan fingerprint density at radius 3 is 2.48 bits per heavy atom. The monoisotopic (exact) mass is 393 g/mol. The van der Waals surface area contributed by atoms with Crippen LogP contribution in [0.3, 0.4) is 0 Å². The number of nitrogens with zero attached hydrogens (tertiary/aromatic N) is 2. The van der Waals surface area contributed by atoms with Gasteiger partial charge in [-0.2, -0.15) is 5.10 Å². The highest BCUT2D eigenvalue weighted by molar-refractivity contribution is 6.01. The van der Waals surface area contributed by atoms with E-state index in [2.05, 4.69) is 15.2 Å². The van der Waals surface area contributed by atoms with Gasteiger partial charge in [-0.3, -0.25) is 4.79 Å². The zero-order valence-electron chi connectivity index (χ0n) is 16.5. The maximum Gasteiger partial charge on any atom is 0.330 e. The number of methoxy groups -OCH3 is 1. The lowest BCUT2D eigenvalue weighted by atomic mass is 10.0. The molecule has 1 aromatic heterocycles. The van der Waals surface area contributed by atoms with Gasteiger partial charge in [-0.25, -0.2) is 9.48 Å². The normalized spacial score (nSPS) is 11.7. The Labute approximate surface area is 168 Å². The number of benzene rings is 2. The number of para-hydroxylation sites is 1. The fourth-order valence-electron chi connectivity index (χ4n) is 2.91. The minimum absolute atomic E-state index is 0.291. The van der Waals surface area contributed by atoms with E-state index >= 15 is 0 Å². The molecule has 0 aliphatic heterocycles. The van der Waals surface area contributed by atoms with E-state index in [0.29, 0.717) is 11.3 Å². The van der Waals surface area contributed by atoms with Crippen molar-refractivity contribution in [3.63, 3.8) is 0 Å². The molecule has 2 aromatic carbocycles. The van der Waals surface area contributed by atoms with Gasteiger partial charge < -0.3 is 15.2 Å². The van der Waals surface area contributed by atoms with Crippen LogP contribution in [0.15, 0.2) is 54.7 Å². The lowest BCUT2D eigenvalue weighted by molar-refractivity contribution is -0.143. The number of esters is 1. The summed E-state index contributed by atoms with van der Waals surface area (Å²) < 4.78 is 6.24. The molecule has 0 spiro atoms. The van der Waals surface area contributed by atoms with Crippen LogP contribution in [0.25, 0.3) is 16.9 Å². The van der Waals surface area contributed by atoms with E-state index in [1.54, 1.807) is 10.9 Å². The van der Waals surface area contributed by atoms with Crippen molar-refractivity contribution in [2.75, 3.05) is 13.7 Å². The van der Waals surface area contributed by atoms with Gasteiger partial charge in [-0.15, -0.1) is 0 Å². The fourth-order valence-corrected chi connectivity index (χ4v) is 2.91. The van der Waals surface area contributed by atoms with Crippen LogP contribution < -0.4 is 5.32 Å². The average molecular weight is 393 g/mol. The summed E-state index contributed by atoms with van der Waals surface area (Å²) in [5, 5.41) is 16.6. The van der Waals surface area contributed by atoms with Gasteiger partial charge in [0.2, 0.25) is 0 Å². The highest BCUT2D eigenvalue weighted by Gasteiger charge is 2.25. The first-order valence-electron chi connectivity index (χ1n) is 9.17. The Balaban J connectivity index is 2.06. The Morgan fingerprint density at radius 1 is 1.14 bits per heavy atom. The van der Waals surface area contributed by atoms with Crippen molar-refractivity contribution in [1.82, 2.24) is 15.1 Å². The van der Waals surface area contributed by atoms with Gasteiger partial charge >= 0.3 is 5.97 Å². The summed E-state index contributed by atoms with van der Waals surface area (Å²) in [6, 6.07) is 14.1. The van der Waals surface area contributed by atoms with Crippen molar-refractivity contribution in [2.24, 2.45) is 0 Å². The van der Waals surface area contributed by atoms with E-state index < -0.39 is 24.5 Å². The summed E-state index contributed by atoms with van der Waals surface area (Å²) in [7, 11) is 1.20. The van der Waals surface area contributed by atoms with Crippen LogP contribution >= 0.6 is 0 Å². The molecule has 0 aliphatic carbocycles. The third kappa shape index (κ3) is 4.35. The van der Waals surface area contributed by atoms with Crippen LogP contribution in [0.2, 0.25) is 0 Å². The van der Waals surface area contributed by atoms with Crippen molar-refractivity contribution >= 4 is 11.9 Å². The summed E-state index contributed by atoms with van der Waals surface area (Å²) in [6.07, 6.45) is 1.61. The molecule has 2 N–H and O–H groups in total. The zero-order valence-corrected chi connectivity index (χ0v) is 16.5. The molecule has 0 unspecified atom stereocenters. The van der Waals surface area contributed by atoms with Crippen LogP contribution in [0.4, 0.5) is 0 Å². The fraction of sp³-hybridized carbons (Fsp3) is 0.227. The molecule has 29 heavy (non-hydrogen) atoms. The van der Waals surface area contributed by atoms with E-state index in [1.165, 1.54) is 7.11 Å². The second kappa shape index (κ2) is 8.70. The number of carbonyl (C=O) groups excluding carboxylic acids is 2. The topological polar surface area (TPSA) is 93.5 Å². The standard InChI is InChI=1S/C22H23N3O4/c1-14-9-10-16(11-15(14)2)20-18(21(27)23-19(13-26)22(28)29-3)12-25(24-20)17-7-5-4-6-8-17/h4-12,19,26H,13H2,1-3H3,(H,23,27)/t19-/m1/s1. The molecule has 7 nitrogen and oxygen atoms in total. The summed E-state index contributed by atoms with van der Waals surface area (Å²) in [5.74, 6) is -1.24. The number of amides is 1. The van der Waals surface area contributed by atoms with E-state index in [4.69, 9.17) is 0 Å². The summed E-state index contributed by atoms with van der Waals surface area (Å²) >= 11 is 0. The summed E-state index contributed by atoms with van der Waals surface area (Å²) in [5.41, 5.74) is 4.56. The predicted octanol–water partition coefficient (Wildman–Crippen LogP) is 2.42. The molecule has 0 saturated carbocycles. The molecule has 0 fully saturated rings. The first-order valence-corrected chi connectivity index (χ1v) is 9.17. The van der Waals surface area contributed by atoms with Gasteiger partial charge in [-0.05, 0) is 43.2 Å². The van der Waals surface area contributed by atoms with E-state index in [0.717, 1.165) is 22.4 Å². The van der Waals surface area contributed by atoms with Gasteiger partial charge in [0.15, 0.2) is 6.04 Å². The van der Waals surface area contributed by atoms with Crippen molar-refractivity contribution in [3.05, 3.63) is 71.4 Å². The van der Waals surface area contributed by atoms with Crippen LogP contribution in [-0.4, -0.2) is 46.5 Å². The summed E-state index contributed by atoms with van der Waals surface area (Å²) in [6.45, 7) is 3.44. The van der Waals surface area contributed by atoms with Crippen LogP contribution in [0, 0.1) is 13.8 Å². The molecular formula is C22H23N3O4. The van der Waals surface area contributed by atoms with Crippen molar-refractivity contribution < 1.29 is 19.4 Å². The highest BCUT2D eigenvalue weighted by Crippen LogP contribution is 2.26. The van der Waals surface area contributed by atoms with Gasteiger partial charge in [0.05, 0.1) is 25.0 Å². The highest BCUT2D eigenvalue weighted by atomic mass is 16.5. The van der Waals surface area contributed by atoms with E-state index in [-0.39, 0.29) is 0 Å². The number of aryl methyl sites for hydroxylation is 2. The van der Waals surface area contributed by atoms with Crippen LogP contribution in [-0.2, 0) is 9.53 Å². The second-order valence-corrected chi connectivity index (χ2v) is 6.70. The van der Waals surface area contributed by atoms with Crippen molar-refractivity contribution in [3.8, 4) is 16.9 Å². The second-order valence-electron chi connectivity index (χ2n) is 6.70. The Morgan fingerprint density at radius 2 is 1.86 bits per heavy atom.